The van der Waals surface area contributed by atoms with Crippen LogP contribution in [0.5, 0.6) is 11.5 Å². The maximum absolute atomic E-state index is 12.1. The summed E-state index contributed by atoms with van der Waals surface area (Å²) in [4.78, 5) is 0. The van der Waals surface area contributed by atoms with Gasteiger partial charge in [-0.2, -0.15) is 18.4 Å². The lowest BCUT2D eigenvalue weighted by molar-refractivity contribution is -0.125. The number of hydrogen-bond acceptors (Lipinski definition) is 4. The molecule has 0 bridgehead atoms. The van der Waals surface area contributed by atoms with Crippen molar-refractivity contribution < 1.29 is 22.6 Å². The first-order valence-corrected chi connectivity index (χ1v) is 5.99. The van der Waals surface area contributed by atoms with Crippen molar-refractivity contribution in [1.29, 1.82) is 5.26 Å². The molecule has 0 saturated heterocycles. The van der Waals surface area contributed by atoms with Crippen molar-refractivity contribution in [1.82, 2.24) is 5.32 Å². The van der Waals surface area contributed by atoms with E-state index in [9.17, 15) is 13.2 Å². The molecule has 2 rings (SSSR count). The number of nitriles is 1. The molecule has 1 N–H and O–H groups in total. The van der Waals surface area contributed by atoms with Gasteiger partial charge < -0.3 is 9.47 Å². The zero-order valence-electron chi connectivity index (χ0n) is 9.42. The van der Waals surface area contributed by atoms with Gasteiger partial charge in [-0.3, -0.25) is 5.32 Å². The number of nitrogens with one attached hydrogen (secondary N) is 1. The third-order valence-electron chi connectivity index (χ3n) is 2.42. The maximum Gasteiger partial charge on any atom is 0.401 e. The van der Waals surface area contributed by atoms with Gasteiger partial charge in [0.2, 0.25) is 6.79 Å². The Labute approximate surface area is 115 Å². The predicted octanol–water partition coefficient (Wildman–Crippen LogP) is 2.89. The van der Waals surface area contributed by atoms with Crippen LogP contribution >= 0.6 is 15.9 Å². The van der Waals surface area contributed by atoms with Gasteiger partial charge in [-0.05, 0) is 33.6 Å². The van der Waals surface area contributed by atoms with Crippen LogP contribution in [0.4, 0.5) is 13.2 Å². The summed E-state index contributed by atoms with van der Waals surface area (Å²) in [6.07, 6.45) is -4.37. The van der Waals surface area contributed by atoms with Crippen LogP contribution < -0.4 is 14.8 Å². The molecular formula is C11H8BrF3N2O2. The molecule has 0 saturated carbocycles. The van der Waals surface area contributed by atoms with Gasteiger partial charge in [0.1, 0.15) is 6.04 Å². The van der Waals surface area contributed by atoms with Crippen molar-refractivity contribution in [2.24, 2.45) is 0 Å². The average molecular weight is 337 g/mol. The fourth-order valence-electron chi connectivity index (χ4n) is 1.61. The van der Waals surface area contributed by atoms with Crippen molar-refractivity contribution in [3.05, 3.63) is 22.2 Å². The fourth-order valence-corrected chi connectivity index (χ4v) is 2.18. The number of nitrogens with zero attached hydrogens (tertiary/aromatic N) is 1. The van der Waals surface area contributed by atoms with Crippen molar-refractivity contribution in [2.75, 3.05) is 13.3 Å². The second-order valence-corrected chi connectivity index (χ2v) is 4.65. The van der Waals surface area contributed by atoms with E-state index in [1.165, 1.54) is 12.1 Å². The highest BCUT2D eigenvalue weighted by molar-refractivity contribution is 9.10. The third-order valence-corrected chi connectivity index (χ3v) is 3.01. The minimum Gasteiger partial charge on any atom is -0.454 e. The van der Waals surface area contributed by atoms with Gasteiger partial charge in [0, 0.05) is 0 Å². The van der Waals surface area contributed by atoms with Crippen molar-refractivity contribution in [3.8, 4) is 17.6 Å². The summed E-state index contributed by atoms with van der Waals surface area (Å²) in [6, 6.07) is 3.73. The minimum absolute atomic E-state index is 0.0462. The lowest BCUT2D eigenvalue weighted by Gasteiger charge is -2.14. The van der Waals surface area contributed by atoms with E-state index in [4.69, 9.17) is 14.7 Å². The number of hydrogen-bond donors (Lipinski definition) is 1. The maximum atomic E-state index is 12.1. The van der Waals surface area contributed by atoms with Crippen molar-refractivity contribution in [2.45, 2.75) is 12.2 Å². The van der Waals surface area contributed by atoms with Gasteiger partial charge in [0.25, 0.3) is 0 Å². The molecule has 0 radical (unpaired) electrons. The van der Waals surface area contributed by atoms with Crippen LogP contribution in [-0.4, -0.2) is 19.5 Å². The van der Waals surface area contributed by atoms with Crippen LogP contribution in [0.15, 0.2) is 16.6 Å². The summed E-state index contributed by atoms with van der Waals surface area (Å²) >= 11 is 3.22. The minimum atomic E-state index is -4.37. The van der Waals surface area contributed by atoms with E-state index in [1.807, 2.05) is 0 Å². The van der Waals surface area contributed by atoms with Gasteiger partial charge >= 0.3 is 6.18 Å². The average Bonchev–Trinajstić information content (AvgIpc) is 2.77. The Morgan fingerprint density at radius 2 is 2.16 bits per heavy atom. The summed E-state index contributed by atoms with van der Waals surface area (Å²) in [6.45, 7) is -1.19. The quantitative estimate of drug-likeness (QED) is 0.922. The monoisotopic (exact) mass is 336 g/mol. The van der Waals surface area contributed by atoms with Crippen molar-refractivity contribution in [3.63, 3.8) is 0 Å². The number of rotatable bonds is 3. The second-order valence-electron chi connectivity index (χ2n) is 3.79. The molecule has 1 aromatic rings. The molecule has 4 nitrogen and oxygen atoms in total. The van der Waals surface area contributed by atoms with Crippen molar-refractivity contribution >= 4 is 15.9 Å². The summed E-state index contributed by atoms with van der Waals surface area (Å²) in [5.41, 5.74) is 0.378. The molecule has 1 unspecified atom stereocenters. The zero-order valence-corrected chi connectivity index (χ0v) is 11.0. The zero-order chi connectivity index (χ0) is 14.0. The van der Waals surface area contributed by atoms with E-state index < -0.39 is 18.8 Å². The number of ether oxygens (including phenoxy) is 2. The first-order chi connectivity index (χ1) is 8.90. The van der Waals surface area contributed by atoms with E-state index in [2.05, 4.69) is 21.2 Å². The molecule has 8 heteroatoms. The molecule has 0 aliphatic carbocycles. The lowest BCUT2D eigenvalue weighted by Crippen LogP contribution is -2.31. The number of halogens is 4. The summed E-state index contributed by atoms with van der Waals surface area (Å²) in [5.74, 6) is 0.884. The summed E-state index contributed by atoms with van der Waals surface area (Å²) in [7, 11) is 0. The standard InChI is InChI=1S/C11H8BrF3N2O2/c12-7-1-6(2-9-10(7)19-5-18-9)8(3-16)17-4-11(13,14)15/h1-2,8,17H,4-5H2. The smallest absolute Gasteiger partial charge is 0.401 e. The van der Waals surface area contributed by atoms with Crippen LogP contribution in [0.25, 0.3) is 0 Å². The third kappa shape index (κ3) is 3.30. The topological polar surface area (TPSA) is 54.3 Å². The van der Waals surface area contributed by atoms with E-state index in [0.29, 0.717) is 21.5 Å². The van der Waals surface area contributed by atoms with Crippen LogP contribution in [-0.2, 0) is 0 Å². The molecule has 0 fully saturated rings. The number of benzene rings is 1. The van der Waals surface area contributed by atoms with E-state index in [-0.39, 0.29) is 6.79 Å². The van der Waals surface area contributed by atoms with Gasteiger partial charge in [0.05, 0.1) is 17.1 Å². The van der Waals surface area contributed by atoms with Gasteiger partial charge in [0.15, 0.2) is 11.5 Å². The normalized spacial score (nSPS) is 15.1. The highest BCUT2D eigenvalue weighted by Crippen LogP contribution is 2.41. The second kappa shape index (κ2) is 5.27. The molecule has 1 heterocycles. The summed E-state index contributed by atoms with van der Waals surface area (Å²) < 4.78 is 47.3. The highest BCUT2D eigenvalue weighted by Gasteiger charge is 2.29. The predicted molar refractivity (Wildman–Crippen MR) is 62.7 cm³/mol. The van der Waals surface area contributed by atoms with E-state index >= 15 is 0 Å². The van der Waals surface area contributed by atoms with E-state index in [0.717, 1.165) is 0 Å². The highest BCUT2D eigenvalue weighted by atomic mass is 79.9. The van der Waals surface area contributed by atoms with Gasteiger partial charge in [-0.15, -0.1) is 0 Å². The molecule has 1 aliphatic heterocycles. The summed E-state index contributed by atoms with van der Waals surface area (Å²) in [5, 5.41) is 11.1. The first-order valence-electron chi connectivity index (χ1n) is 5.19. The molecular weight excluding hydrogens is 329 g/mol. The Hall–Kier alpha value is -1.46. The first kappa shape index (κ1) is 14.0. The van der Waals surface area contributed by atoms with Crippen LogP contribution in [0, 0.1) is 11.3 Å². The molecule has 19 heavy (non-hydrogen) atoms. The number of fused-ring (bicyclic) bond motifs is 1. The molecule has 1 aromatic carbocycles. The molecule has 0 aromatic heterocycles. The molecule has 1 atom stereocenters. The fraction of sp³-hybridized carbons (Fsp3) is 0.364. The van der Waals surface area contributed by atoms with Gasteiger partial charge in [-0.1, -0.05) is 0 Å². The lowest BCUT2D eigenvalue weighted by atomic mass is 10.1. The van der Waals surface area contributed by atoms with Crippen LogP contribution in [0.1, 0.15) is 11.6 Å². The molecule has 0 amide bonds. The largest absolute Gasteiger partial charge is 0.454 e. The molecule has 102 valence electrons. The Morgan fingerprint density at radius 3 is 2.79 bits per heavy atom. The number of alkyl halides is 3. The molecule has 0 spiro atoms. The Balaban J connectivity index is 2.20. The Kier molecular flexibility index (Phi) is 3.87. The van der Waals surface area contributed by atoms with E-state index in [1.54, 1.807) is 6.07 Å². The Bertz CT molecular complexity index is 528. The SMILES string of the molecule is N#CC(NCC(F)(F)F)c1cc(Br)c2c(c1)OCO2. The van der Waals surface area contributed by atoms with Gasteiger partial charge in [-0.25, -0.2) is 0 Å². The Morgan fingerprint density at radius 1 is 1.42 bits per heavy atom. The van der Waals surface area contributed by atoms with Crippen LogP contribution in [0.2, 0.25) is 0 Å². The van der Waals surface area contributed by atoms with Crippen LogP contribution in [0.3, 0.4) is 0 Å². The molecule has 1 aliphatic rings.